The van der Waals surface area contributed by atoms with Crippen molar-refractivity contribution < 1.29 is 14.3 Å². The van der Waals surface area contributed by atoms with Crippen LogP contribution in [-0.2, 0) is 16.6 Å². The Morgan fingerprint density at radius 1 is 1.29 bits per heavy atom. The van der Waals surface area contributed by atoms with E-state index in [2.05, 4.69) is 10.3 Å². The molecule has 0 saturated heterocycles. The number of hydrogen-bond donors (Lipinski definition) is 1. The van der Waals surface area contributed by atoms with Crippen LogP contribution in [0.5, 0.6) is 0 Å². The summed E-state index contributed by atoms with van der Waals surface area (Å²) in [6, 6.07) is 6.62. The van der Waals surface area contributed by atoms with Crippen LogP contribution in [0.4, 0.5) is 5.69 Å². The van der Waals surface area contributed by atoms with Gasteiger partial charge in [0.1, 0.15) is 4.83 Å². The quantitative estimate of drug-likeness (QED) is 0.390. The number of methoxy groups -OCH3 is 1. The molecule has 2 heterocycles. The van der Waals surface area contributed by atoms with E-state index in [9.17, 15) is 14.4 Å². The van der Waals surface area contributed by atoms with Crippen molar-refractivity contribution in [1.82, 2.24) is 9.55 Å². The number of nitrogens with one attached hydrogen (secondary N) is 1. The zero-order chi connectivity index (χ0) is 20.4. The summed E-state index contributed by atoms with van der Waals surface area (Å²) in [5.41, 5.74) is 1.48. The summed E-state index contributed by atoms with van der Waals surface area (Å²) in [5, 5.41) is 3.81. The van der Waals surface area contributed by atoms with Gasteiger partial charge in [-0.25, -0.2) is 9.78 Å². The number of esters is 1. The van der Waals surface area contributed by atoms with E-state index in [1.807, 2.05) is 13.8 Å². The predicted octanol–water partition coefficient (Wildman–Crippen LogP) is 3.13. The lowest BCUT2D eigenvalue weighted by atomic mass is 10.2. The number of para-hydroxylation sites is 1. The molecule has 0 fully saturated rings. The topological polar surface area (TPSA) is 90.3 Å². The zero-order valence-corrected chi connectivity index (χ0v) is 17.5. The highest BCUT2D eigenvalue weighted by Crippen LogP contribution is 2.28. The Bertz CT molecular complexity index is 1130. The standard InChI is InChI=1S/C19H19N3O4S2/c1-10-11(2)28-16-15(10)17(24)22(3)19(21-16)27-9-14(23)20-13-8-6-5-7-12(13)18(25)26-4/h5-8H,9H2,1-4H3,(H,20,23). The van der Waals surface area contributed by atoms with Crippen LogP contribution in [0, 0.1) is 13.8 Å². The molecule has 28 heavy (non-hydrogen) atoms. The van der Waals surface area contributed by atoms with Gasteiger partial charge in [0.05, 0.1) is 29.5 Å². The second kappa shape index (κ2) is 8.15. The molecule has 3 rings (SSSR count). The van der Waals surface area contributed by atoms with E-state index in [-0.39, 0.29) is 22.8 Å². The first-order valence-corrected chi connectivity index (χ1v) is 10.2. The molecule has 3 aromatic rings. The van der Waals surface area contributed by atoms with Crippen LogP contribution in [0.1, 0.15) is 20.8 Å². The van der Waals surface area contributed by atoms with Gasteiger partial charge in [0.2, 0.25) is 5.91 Å². The Kier molecular flexibility index (Phi) is 5.85. The van der Waals surface area contributed by atoms with E-state index in [0.29, 0.717) is 21.1 Å². The van der Waals surface area contributed by atoms with Crippen molar-refractivity contribution >= 4 is 50.9 Å². The molecular weight excluding hydrogens is 398 g/mol. The summed E-state index contributed by atoms with van der Waals surface area (Å²) in [7, 11) is 2.93. The van der Waals surface area contributed by atoms with Gasteiger partial charge in [-0.05, 0) is 31.5 Å². The van der Waals surface area contributed by atoms with Crippen molar-refractivity contribution in [3.05, 3.63) is 50.6 Å². The van der Waals surface area contributed by atoms with E-state index in [1.165, 1.54) is 34.8 Å². The molecule has 0 aliphatic heterocycles. The second-order valence-electron chi connectivity index (χ2n) is 6.10. The minimum absolute atomic E-state index is 0.0463. The molecular formula is C19H19N3O4S2. The van der Waals surface area contributed by atoms with Gasteiger partial charge in [-0.3, -0.25) is 14.2 Å². The number of carbonyl (C=O) groups is 2. The summed E-state index contributed by atoms with van der Waals surface area (Å²) in [6.45, 7) is 3.87. The SMILES string of the molecule is COC(=O)c1ccccc1NC(=O)CSc1nc2sc(C)c(C)c2c(=O)n1C. The number of thioether (sulfide) groups is 1. The maximum absolute atomic E-state index is 12.6. The smallest absolute Gasteiger partial charge is 0.339 e. The number of aromatic nitrogens is 2. The number of aryl methyl sites for hydroxylation is 2. The molecule has 1 amide bonds. The molecule has 0 unspecified atom stereocenters. The highest BCUT2D eigenvalue weighted by atomic mass is 32.2. The van der Waals surface area contributed by atoms with Gasteiger partial charge in [0.25, 0.3) is 5.56 Å². The number of amides is 1. The normalized spacial score (nSPS) is 10.9. The molecule has 0 atom stereocenters. The van der Waals surface area contributed by atoms with Gasteiger partial charge < -0.3 is 10.1 Å². The zero-order valence-electron chi connectivity index (χ0n) is 15.9. The van der Waals surface area contributed by atoms with Gasteiger partial charge in [-0.2, -0.15) is 0 Å². The minimum Gasteiger partial charge on any atom is -0.465 e. The summed E-state index contributed by atoms with van der Waals surface area (Å²) < 4.78 is 6.19. The van der Waals surface area contributed by atoms with Crippen molar-refractivity contribution in [2.45, 2.75) is 19.0 Å². The fraction of sp³-hybridized carbons (Fsp3) is 0.263. The maximum atomic E-state index is 12.6. The van der Waals surface area contributed by atoms with E-state index in [1.54, 1.807) is 31.3 Å². The van der Waals surface area contributed by atoms with Crippen molar-refractivity contribution in [3.63, 3.8) is 0 Å². The Morgan fingerprint density at radius 2 is 2.00 bits per heavy atom. The average molecular weight is 418 g/mol. The number of hydrogen-bond acceptors (Lipinski definition) is 7. The molecule has 0 bridgehead atoms. The molecule has 0 aliphatic rings. The fourth-order valence-electron chi connectivity index (χ4n) is 2.68. The van der Waals surface area contributed by atoms with E-state index in [4.69, 9.17) is 4.74 Å². The number of ether oxygens (including phenoxy) is 1. The first-order valence-electron chi connectivity index (χ1n) is 8.40. The van der Waals surface area contributed by atoms with Crippen LogP contribution in [0.25, 0.3) is 10.2 Å². The number of rotatable bonds is 5. The van der Waals surface area contributed by atoms with Gasteiger partial charge in [-0.1, -0.05) is 23.9 Å². The largest absolute Gasteiger partial charge is 0.465 e. The van der Waals surface area contributed by atoms with Gasteiger partial charge in [0.15, 0.2) is 5.16 Å². The second-order valence-corrected chi connectivity index (χ2v) is 8.24. The number of nitrogens with zero attached hydrogens (tertiary/aromatic N) is 2. The molecule has 1 N–H and O–H groups in total. The Morgan fingerprint density at radius 3 is 2.71 bits per heavy atom. The predicted molar refractivity (Wildman–Crippen MR) is 111 cm³/mol. The average Bonchev–Trinajstić information content (AvgIpc) is 2.97. The van der Waals surface area contributed by atoms with Crippen LogP contribution in [0.15, 0.2) is 34.2 Å². The van der Waals surface area contributed by atoms with E-state index in [0.717, 1.165) is 10.4 Å². The van der Waals surface area contributed by atoms with Gasteiger partial charge in [0, 0.05) is 11.9 Å². The lowest BCUT2D eigenvalue weighted by molar-refractivity contribution is -0.113. The number of carbonyl (C=O) groups excluding carboxylic acids is 2. The minimum atomic E-state index is -0.526. The summed E-state index contributed by atoms with van der Waals surface area (Å²) in [5.74, 6) is -0.791. The molecule has 9 heteroatoms. The molecule has 0 aliphatic carbocycles. The van der Waals surface area contributed by atoms with Crippen LogP contribution in [0.2, 0.25) is 0 Å². The lowest BCUT2D eigenvalue weighted by Gasteiger charge is -2.10. The first kappa shape index (κ1) is 20.1. The number of benzene rings is 1. The summed E-state index contributed by atoms with van der Waals surface area (Å²) in [6.07, 6.45) is 0. The van der Waals surface area contributed by atoms with Crippen LogP contribution in [0.3, 0.4) is 0 Å². The number of anilines is 1. The molecule has 0 radical (unpaired) electrons. The molecule has 0 saturated carbocycles. The molecule has 0 spiro atoms. The van der Waals surface area contributed by atoms with Crippen LogP contribution >= 0.6 is 23.1 Å². The monoisotopic (exact) mass is 417 g/mol. The van der Waals surface area contributed by atoms with Crippen molar-refractivity contribution in [3.8, 4) is 0 Å². The van der Waals surface area contributed by atoms with Crippen molar-refractivity contribution in [2.75, 3.05) is 18.2 Å². The molecule has 2 aromatic heterocycles. The van der Waals surface area contributed by atoms with Crippen LogP contribution < -0.4 is 10.9 Å². The van der Waals surface area contributed by atoms with Gasteiger partial charge in [-0.15, -0.1) is 11.3 Å². The van der Waals surface area contributed by atoms with Crippen LogP contribution in [-0.4, -0.2) is 34.3 Å². The summed E-state index contributed by atoms with van der Waals surface area (Å²) >= 11 is 2.64. The molecule has 1 aromatic carbocycles. The Hall–Kier alpha value is -2.65. The van der Waals surface area contributed by atoms with E-state index >= 15 is 0 Å². The number of thiophene rings is 1. The third-order valence-electron chi connectivity index (χ3n) is 4.31. The van der Waals surface area contributed by atoms with Crippen molar-refractivity contribution in [1.29, 1.82) is 0 Å². The third-order valence-corrected chi connectivity index (χ3v) is 6.44. The fourth-order valence-corrected chi connectivity index (χ4v) is 4.52. The Balaban J connectivity index is 1.78. The molecule has 7 nitrogen and oxygen atoms in total. The van der Waals surface area contributed by atoms with E-state index < -0.39 is 5.97 Å². The third kappa shape index (κ3) is 3.81. The Labute approximate surface area is 169 Å². The highest BCUT2D eigenvalue weighted by molar-refractivity contribution is 7.99. The maximum Gasteiger partial charge on any atom is 0.339 e. The lowest BCUT2D eigenvalue weighted by Crippen LogP contribution is -2.21. The highest BCUT2D eigenvalue weighted by Gasteiger charge is 2.17. The summed E-state index contributed by atoms with van der Waals surface area (Å²) in [4.78, 5) is 43.1. The first-order chi connectivity index (χ1) is 13.3. The van der Waals surface area contributed by atoms with Crippen molar-refractivity contribution in [2.24, 2.45) is 7.05 Å². The molecule has 146 valence electrons. The van der Waals surface area contributed by atoms with Gasteiger partial charge >= 0.3 is 5.97 Å². The number of fused-ring (bicyclic) bond motifs is 1.